The van der Waals surface area contributed by atoms with E-state index in [0.29, 0.717) is 0 Å². The fourth-order valence-corrected chi connectivity index (χ4v) is 2.77. The number of rotatable bonds is 7. The average Bonchev–Trinajstić information content (AvgIpc) is 2.65. The standard InChI is InChI=1S/C24H26Cl2N2/c1-17(2)23(15-13-19-9-5-7-11-21(19)25)27-28-24(18(3)4)16-14-20-10-6-8-12-22(20)26/h5-18H,1-4H3/b15-13+,16-14+,27-23-,28-24-. The Morgan fingerprint density at radius 3 is 1.36 bits per heavy atom. The van der Waals surface area contributed by atoms with Gasteiger partial charge in [0.2, 0.25) is 0 Å². The zero-order valence-electron chi connectivity index (χ0n) is 16.7. The highest BCUT2D eigenvalue weighted by molar-refractivity contribution is 6.32. The van der Waals surface area contributed by atoms with Crippen molar-refractivity contribution in [3.05, 3.63) is 81.9 Å². The molecule has 0 saturated carbocycles. The second kappa shape index (κ2) is 11.0. The predicted molar refractivity (Wildman–Crippen MR) is 126 cm³/mol. The van der Waals surface area contributed by atoms with Gasteiger partial charge in [0.05, 0.1) is 11.4 Å². The Kier molecular flexibility index (Phi) is 8.69. The van der Waals surface area contributed by atoms with Crippen LogP contribution in [0, 0.1) is 11.8 Å². The lowest BCUT2D eigenvalue weighted by Crippen LogP contribution is -2.06. The van der Waals surface area contributed by atoms with Crippen LogP contribution in [0.15, 0.2) is 70.9 Å². The summed E-state index contributed by atoms with van der Waals surface area (Å²) < 4.78 is 0. The number of nitrogens with zero attached hydrogens (tertiary/aromatic N) is 2. The average molecular weight is 413 g/mol. The van der Waals surface area contributed by atoms with Crippen LogP contribution in [-0.2, 0) is 0 Å². The molecule has 2 aromatic rings. The van der Waals surface area contributed by atoms with Gasteiger partial charge in [0.25, 0.3) is 0 Å². The van der Waals surface area contributed by atoms with Crippen LogP contribution in [0.5, 0.6) is 0 Å². The molecule has 2 aromatic carbocycles. The second-order valence-corrected chi connectivity index (χ2v) is 7.88. The summed E-state index contributed by atoms with van der Waals surface area (Å²) in [6.07, 6.45) is 7.91. The van der Waals surface area contributed by atoms with Gasteiger partial charge in [-0.1, -0.05) is 99.4 Å². The van der Waals surface area contributed by atoms with Crippen molar-refractivity contribution in [2.75, 3.05) is 0 Å². The van der Waals surface area contributed by atoms with Crippen molar-refractivity contribution >= 4 is 46.8 Å². The molecule has 0 spiro atoms. The van der Waals surface area contributed by atoms with Crippen molar-refractivity contribution in [3.8, 4) is 0 Å². The largest absolute Gasteiger partial charge is 0.155 e. The Bertz CT molecular complexity index is 831. The summed E-state index contributed by atoms with van der Waals surface area (Å²) in [5, 5.41) is 10.5. The molecule has 146 valence electrons. The number of halogens is 2. The van der Waals surface area contributed by atoms with Crippen LogP contribution >= 0.6 is 23.2 Å². The fourth-order valence-electron chi connectivity index (χ4n) is 2.37. The molecule has 0 fully saturated rings. The summed E-state index contributed by atoms with van der Waals surface area (Å²) in [4.78, 5) is 0. The highest BCUT2D eigenvalue weighted by Crippen LogP contribution is 2.18. The van der Waals surface area contributed by atoms with Crippen molar-refractivity contribution < 1.29 is 0 Å². The van der Waals surface area contributed by atoms with Gasteiger partial charge >= 0.3 is 0 Å². The van der Waals surface area contributed by atoms with Gasteiger partial charge in [-0.3, -0.25) is 0 Å². The summed E-state index contributed by atoms with van der Waals surface area (Å²) in [5.74, 6) is 0.479. The summed E-state index contributed by atoms with van der Waals surface area (Å²) in [6, 6.07) is 15.5. The lowest BCUT2D eigenvalue weighted by atomic mass is 10.1. The van der Waals surface area contributed by atoms with Crippen molar-refractivity contribution in [1.82, 2.24) is 0 Å². The third-order valence-corrected chi connectivity index (χ3v) is 4.83. The zero-order valence-corrected chi connectivity index (χ0v) is 18.2. The minimum Gasteiger partial charge on any atom is -0.155 e. The van der Waals surface area contributed by atoms with Crippen LogP contribution < -0.4 is 0 Å². The smallest absolute Gasteiger partial charge is 0.0656 e. The molecule has 4 heteroatoms. The molecule has 2 rings (SSSR count). The van der Waals surface area contributed by atoms with Gasteiger partial charge in [0.15, 0.2) is 0 Å². The van der Waals surface area contributed by atoms with E-state index in [1.807, 2.05) is 72.8 Å². The Balaban J connectivity index is 2.29. The number of hydrogen-bond donors (Lipinski definition) is 0. The number of allylic oxidation sites excluding steroid dienone is 2. The SMILES string of the molecule is CC(C)C(/C=C/c1ccccc1Cl)=N\N=C(\C=C\c1ccccc1Cl)C(C)C. The molecule has 0 saturated heterocycles. The van der Waals surface area contributed by atoms with Crippen LogP contribution in [0.2, 0.25) is 10.0 Å². The van der Waals surface area contributed by atoms with Crippen LogP contribution in [0.1, 0.15) is 38.8 Å². The van der Waals surface area contributed by atoms with Crippen molar-refractivity contribution in [2.45, 2.75) is 27.7 Å². The summed E-state index contributed by atoms with van der Waals surface area (Å²) in [6.45, 7) is 8.39. The molecule has 2 nitrogen and oxygen atoms in total. The topological polar surface area (TPSA) is 24.7 Å². The van der Waals surface area contributed by atoms with E-state index in [1.54, 1.807) is 0 Å². The lowest BCUT2D eigenvalue weighted by molar-refractivity contribution is 0.864. The maximum absolute atomic E-state index is 6.23. The minimum atomic E-state index is 0.239. The third kappa shape index (κ3) is 6.78. The first-order chi connectivity index (χ1) is 13.4. The fraction of sp³-hybridized carbons (Fsp3) is 0.250. The van der Waals surface area contributed by atoms with Crippen molar-refractivity contribution in [3.63, 3.8) is 0 Å². The van der Waals surface area contributed by atoms with Crippen molar-refractivity contribution in [1.29, 1.82) is 0 Å². The molecule has 28 heavy (non-hydrogen) atoms. The van der Waals surface area contributed by atoms with E-state index in [0.717, 1.165) is 32.6 Å². The maximum Gasteiger partial charge on any atom is 0.0656 e. The molecule has 0 aliphatic rings. The van der Waals surface area contributed by atoms with E-state index in [2.05, 4.69) is 37.9 Å². The number of hydrogen-bond acceptors (Lipinski definition) is 2. The molecule has 0 heterocycles. The van der Waals surface area contributed by atoms with Gasteiger partial charge in [-0.05, 0) is 47.2 Å². The first-order valence-corrected chi connectivity index (χ1v) is 10.1. The van der Waals surface area contributed by atoms with Gasteiger partial charge < -0.3 is 0 Å². The van der Waals surface area contributed by atoms with E-state index < -0.39 is 0 Å². The summed E-state index contributed by atoms with van der Waals surface area (Å²) in [5.41, 5.74) is 3.71. The molecule has 0 bridgehead atoms. The molecule has 0 aliphatic carbocycles. The van der Waals surface area contributed by atoms with E-state index in [-0.39, 0.29) is 11.8 Å². The predicted octanol–water partition coefficient (Wildman–Crippen LogP) is 7.83. The highest BCUT2D eigenvalue weighted by Gasteiger charge is 2.05. The van der Waals surface area contributed by atoms with E-state index >= 15 is 0 Å². The highest BCUT2D eigenvalue weighted by atomic mass is 35.5. The molecular weight excluding hydrogens is 387 g/mol. The quantitative estimate of drug-likeness (QED) is 0.326. The Labute approximate surface area is 178 Å². The molecule has 0 radical (unpaired) electrons. The molecular formula is C24H26Cl2N2. The first-order valence-electron chi connectivity index (χ1n) is 9.39. The van der Waals surface area contributed by atoms with Gasteiger partial charge in [0.1, 0.15) is 0 Å². The first kappa shape index (κ1) is 22.1. The molecule has 0 N–H and O–H groups in total. The molecule has 0 atom stereocenters. The monoisotopic (exact) mass is 412 g/mol. The summed E-state index contributed by atoms with van der Waals surface area (Å²) in [7, 11) is 0. The van der Waals surface area contributed by atoms with Gasteiger partial charge in [0, 0.05) is 10.0 Å². The van der Waals surface area contributed by atoms with Gasteiger partial charge in [-0.15, -0.1) is 0 Å². The lowest BCUT2D eigenvalue weighted by Gasteiger charge is -2.06. The minimum absolute atomic E-state index is 0.239. The Hall–Kier alpha value is -2.16. The molecule has 0 aromatic heterocycles. The maximum atomic E-state index is 6.23. The van der Waals surface area contributed by atoms with Crippen LogP contribution in [0.3, 0.4) is 0 Å². The second-order valence-electron chi connectivity index (χ2n) is 7.07. The van der Waals surface area contributed by atoms with Gasteiger partial charge in [-0.2, -0.15) is 10.2 Å². The van der Waals surface area contributed by atoms with E-state index in [9.17, 15) is 0 Å². The Morgan fingerprint density at radius 1 is 0.679 bits per heavy atom. The van der Waals surface area contributed by atoms with Crippen LogP contribution in [0.4, 0.5) is 0 Å². The molecule has 0 amide bonds. The van der Waals surface area contributed by atoms with Gasteiger partial charge in [-0.25, -0.2) is 0 Å². The third-order valence-electron chi connectivity index (χ3n) is 4.14. The Morgan fingerprint density at radius 2 is 1.04 bits per heavy atom. The molecule has 0 aliphatic heterocycles. The van der Waals surface area contributed by atoms with Crippen LogP contribution in [-0.4, -0.2) is 11.4 Å². The van der Waals surface area contributed by atoms with Crippen molar-refractivity contribution in [2.24, 2.45) is 22.0 Å². The zero-order chi connectivity index (χ0) is 20.5. The van der Waals surface area contributed by atoms with E-state index in [4.69, 9.17) is 23.2 Å². The summed E-state index contributed by atoms with van der Waals surface area (Å²) >= 11 is 12.5. The molecule has 0 unspecified atom stereocenters. The van der Waals surface area contributed by atoms with Crippen LogP contribution in [0.25, 0.3) is 12.2 Å². The van der Waals surface area contributed by atoms with E-state index in [1.165, 1.54) is 0 Å². The number of benzene rings is 2. The normalized spacial score (nSPS) is 13.4.